The zero-order valence-corrected chi connectivity index (χ0v) is 14.1. The van der Waals surface area contributed by atoms with E-state index >= 15 is 0 Å². The van der Waals surface area contributed by atoms with Crippen LogP contribution in [0.2, 0.25) is 0 Å². The van der Waals surface area contributed by atoms with Gasteiger partial charge in [-0.15, -0.1) is 0 Å². The van der Waals surface area contributed by atoms with Gasteiger partial charge in [0.05, 0.1) is 5.69 Å². The number of carbonyl (C=O) groups is 1. The van der Waals surface area contributed by atoms with E-state index in [4.69, 9.17) is 0 Å². The summed E-state index contributed by atoms with van der Waals surface area (Å²) >= 11 is 0. The van der Waals surface area contributed by atoms with E-state index in [1.807, 2.05) is 52.8 Å². The molecule has 0 aliphatic carbocycles. The van der Waals surface area contributed by atoms with Crippen LogP contribution >= 0.6 is 0 Å². The van der Waals surface area contributed by atoms with Gasteiger partial charge in [0.15, 0.2) is 5.82 Å². The number of ketones is 1. The van der Waals surface area contributed by atoms with E-state index in [-0.39, 0.29) is 11.6 Å². The Bertz CT molecular complexity index is 566. The Morgan fingerprint density at radius 1 is 1.14 bits per heavy atom. The van der Waals surface area contributed by atoms with Gasteiger partial charge in [-0.1, -0.05) is 39.8 Å². The summed E-state index contributed by atoms with van der Waals surface area (Å²) in [5.74, 6) is 0.160. The van der Waals surface area contributed by atoms with E-state index in [9.17, 15) is 4.79 Å². The van der Waals surface area contributed by atoms with Gasteiger partial charge in [0.25, 0.3) is 0 Å². The lowest BCUT2D eigenvalue weighted by Gasteiger charge is -2.01. The Balaban J connectivity index is 0.00000102. The van der Waals surface area contributed by atoms with Crippen LogP contribution in [0.15, 0.2) is 48.9 Å². The molecular weight excluding hydrogens is 274 g/mol. The molecule has 2 rings (SSSR count). The number of allylic oxidation sites excluding steroid dienone is 2. The van der Waals surface area contributed by atoms with Gasteiger partial charge in [0.1, 0.15) is 0 Å². The van der Waals surface area contributed by atoms with Crippen LogP contribution in [0.5, 0.6) is 0 Å². The topological polar surface area (TPSA) is 55.7 Å². The Labute approximate surface area is 133 Å². The van der Waals surface area contributed by atoms with Crippen molar-refractivity contribution in [3.63, 3.8) is 0 Å². The highest BCUT2D eigenvalue weighted by Gasteiger charge is 2.08. The predicted octanol–water partition coefficient (Wildman–Crippen LogP) is 4.74. The van der Waals surface area contributed by atoms with Gasteiger partial charge in [-0.25, -0.2) is 9.97 Å². The molecule has 2 aromatic rings. The molecule has 4 nitrogen and oxygen atoms in total. The molecule has 2 aromatic heterocycles. The van der Waals surface area contributed by atoms with Crippen molar-refractivity contribution in [3.05, 3.63) is 54.8 Å². The fraction of sp³-hybridized carbons (Fsp3) is 0.333. The van der Waals surface area contributed by atoms with Crippen LogP contribution in [-0.2, 0) is 0 Å². The maximum absolute atomic E-state index is 11.8. The SMILES string of the molecule is C/C=C/CC(=O)c1nccc(-c2cccnc2)n1.CC.CC. The molecule has 0 amide bonds. The number of pyridine rings is 1. The summed E-state index contributed by atoms with van der Waals surface area (Å²) in [7, 11) is 0. The van der Waals surface area contributed by atoms with Crippen molar-refractivity contribution in [1.29, 1.82) is 0 Å². The smallest absolute Gasteiger partial charge is 0.203 e. The van der Waals surface area contributed by atoms with E-state index in [2.05, 4.69) is 15.0 Å². The first kappa shape index (κ1) is 19.6. The number of Topliss-reactive ketones (excluding diaryl/α,β-unsaturated/α-hetero) is 1. The molecule has 0 atom stereocenters. The molecule has 0 unspecified atom stereocenters. The highest BCUT2D eigenvalue weighted by Crippen LogP contribution is 2.14. The lowest BCUT2D eigenvalue weighted by Crippen LogP contribution is -2.04. The summed E-state index contributed by atoms with van der Waals surface area (Å²) in [5.41, 5.74) is 1.59. The first-order valence-electron chi connectivity index (χ1n) is 7.69. The van der Waals surface area contributed by atoms with Gasteiger partial charge >= 0.3 is 0 Å². The average molecular weight is 299 g/mol. The summed E-state index contributed by atoms with van der Waals surface area (Å²) in [6.45, 7) is 9.88. The van der Waals surface area contributed by atoms with Gasteiger partial charge in [0, 0.05) is 30.6 Å². The Kier molecular flexibility index (Phi) is 11.1. The maximum atomic E-state index is 11.8. The van der Waals surface area contributed by atoms with Gasteiger partial charge in [0.2, 0.25) is 5.78 Å². The minimum Gasteiger partial charge on any atom is -0.290 e. The minimum atomic E-state index is -0.0844. The third-order valence-corrected chi connectivity index (χ3v) is 2.40. The van der Waals surface area contributed by atoms with Crippen molar-refractivity contribution < 1.29 is 4.79 Å². The molecule has 0 aromatic carbocycles. The monoisotopic (exact) mass is 299 g/mol. The van der Waals surface area contributed by atoms with Gasteiger partial charge < -0.3 is 0 Å². The number of rotatable bonds is 4. The summed E-state index contributed by atoms with van der Waals surface area (Å²) in [5, 5.41) is 0. The third kappa shape index (κ3) is 6.39. The van der Waals surface area contributed by atoms with Crippen LogP contribution in [0.1, 0.15) is 51.7 Å². The van der Waals surface area contributed by atoms with Gasteiger partial charge in [-0.2, -0.15) is 0 Å². The van der Waals surface area contributed by atoms with Crippen molar-refractivity contribution in [2.45, 2.75) is 41.0 Å². The van der Waals surface area contributed by atoms with E-state index in [0.29, 0.717) is 12.1 Å². The summed E-state index contributed by atoms with van der Waals surface area (Å²) < 4.78 is 0. The fourth-order valence-electron chi connectivity index (χ4n) is 1.48. The van der Waals surface area contributed by atoms with Crippen molar-refractivity contribution in [3.8, 4) is 11.3 Å². The molecule has 2 heterocycles. The summed E-state index contributed by atoms with van der Waals surface area (Å²) in [4.78, 5) is 24.1. The standard InChI is InChI=1S/C14H13N3O.2C2H6/c1-2-3-6-13(18)14-16-9-7-12(17-14)11-5-4-8-15-10-11;2*1-2/h2-5,7-10H,6H2,1H3;2*1-2H3/b3-2+;;. The molecular formula is C18H25N3O. The van der Waals surface area contributed by atoms with Crippen LogP contribution in [0, 0.1) is 0 Å². The number of carbonyl (C=O) groups excluding carboxylic acids is 1. The second-order valence-corrected chi connectivity index (χ2v) is 3.70. The second-order valence-electron chi connectivity index (χ2n) is 3.70. The Morgan fingerprint density at radius 3 is 2.45 bits per heavy atom. The molecule has 0 N–H and O–H groups in total. The first-order chi connectivity index (χ1) is 10.8. The van der Waals surface area contributed by atoms with E-state index in [1.165, 1.54) is 0 Å². The molecule has 0 fully saturated rings. The molecule has 22 heavy (non-hydrogen) atoms. The predicted molar refractivity (Wildman–Crippen MR) is 91.7 cm³/mol. The van der Waals surface area contributed by atoms with E-state index in [0.717, 1.165) is 5.56 Å². The van der Waals surface area contributed by atoms with Crippen LogP contribution in [0.3, 0.4) is 0 Å². The van der Waals surface area contributed by atoms with Crippen LogP contribution < -0.4 is 0 Å². The fourth-order valence-corrected chi connectivity index (χ4v) is 1.48. The summed E-state index contributed by atoms with van der Waals surface area (Å²) in [6.07, 6.45) is 8.96. The number of aromatic nitrogens is 3. The molecule has 0 spiro atoms. The molecule has 0 aliphatic heterocycles. The zero-order chi connectivity index (χ0) is 16.8. The number of hydrogen-bond acceptors (Lipinski definition) is 4. The molecule has 0 aliphatic rings. The van der Waals surface area contributed by atoms with Crippen molar-refractivity contribution in [2.75, 3.05) is 0 Å². The second kappa shape index (κ2) is 12.4. The zero-order valence-electron chi connectivity index (χ0n) is 14.1. The molecule has 4 heteroatoms. The van der Waals surface area contributed by atoms with E-state index < -0.39 is 0 Å². The first-order valence-corrected chi connectivity index (χ1v) is 7.69. The third-order valence-electron chi connectivity index (χ3n) is 2.40. The van der Waals surface area contributed by atoms with Gasteiger partial charge in [-0.05, 0) is 25.1 Å². The largest absolute Gasteiger partial charge is 0.290 e. The van der Waals surface area contributed by atoms with Crippen LogP contribution in [0.25, 0.3) is 11.3 Å². The van der Waals surface area contributed by atoms with E-state index in [1.54, 1.807) is 30.7 Å². The Hall–Kier alpha value is -2.36. The lowest BCUT2D eigenvalue weighted by molar-refractivity contribution is 0.0986. The van der Waals surface area contributed by atoms with Crippen molar-refractivity contribution in [1.82, 2.24) is 15.0 Å². The number of hydrogen-bond donors (Lipinski definition) is 0. The molecule has 0 radical (unpaired) electrons. The van der Waals surface area contributed by atoms with Crippen LogP contribution in [0.4, 0.5) is 0 Å². The maximum Gasteiger partial charge on any atom is 0.203 e. The highest BCUT2D eigenvalue weighted by molar-refractivity contribution is 5.93. The van der Waals surface area contributed by atoms with Gasteiger partial charge in [-0.3, -0.25) is 9.78 Å². The molecule has 0 bridgehead atoms. The summed E-state index contributed by atoms with van der Waals surface area (Å²) in [6, 6.07) is 5.50. The van der Waals surface area contributed by atoms with Crippen LogP contribution in [-0.4, -0.2) is 20.7 Å². The molecule has 118 valence electrons. The molecule has 0 saturated heterocycles. The average Bonchev–Trinajstić information content (AvgIpc) is 2.64. The normalized spacial score (nSPS) is 9.32. The molecule has 0 saturated carbocycles. The highest BCUT2D eigenvalue weighted by atomic mass is 16.1. The quantitative estimate of drug-likeness (QED) is 0.604. The minimum absolute atomic E-state index is 0.0844. The van der Waals surface area contributed by atoms with Crippen molar-refractivity contribution >= 4 is 5.78 Å². The Morgan fingerprint density at radius 2 is 1.86 bits per heavy atom. The number of nitrogens with zero attached hydrogens (tertiary/aromatic N) is 3. The van der Waals surface area contributed by atoms with Crippen molar-refractivity contribution in [2.24, 2.45) is 0 Å². The lowest BCUT2D eigenvalue weighted by atomic mass is 10.2.